The van der Waals surface area contributed by atoms with E-state index in [0.29, 0.717) is 0 Å². The van der Waals surface area contributed by atoms with E-state index >= 15 is 4.39 Å². The van der Waals surface area contributed by atoms with Gasteiger partial charge in [0.15, 0.2) is 35.0 Å². The van der Waals surface area contributed by atoms with Crippen molar-refractivity contribution in [1.82, 2.24) is 43.8 Å². The summed E-state index contributed by atoms with van der Waals surface area (Å²) in [6.07, 6.45) is -5.57. The lowest BCUT2D eigenvalue weighted by Gasteiger charge is -2.25. The fraction of sp³-hybridized carbons (Fsp3) is 0.545. The number of aromatic nitrogens is 8. The fourth-order valence-corrected chi connectivity index (χ4v) is 8.37. The molecule has 1 aliphatic carbocycles. The van der Waals surface area contributed by atoms with E-state index in [-0.39, 0.29) is 40.4 Å². The second-order valence-corrected chi connectivity index (χ2v) is 15.0. The summed E-state index contributed by atoms with van der Waals surface area (Å²) in [6.45, 7) is -3.64. The zero-order valence-electron chi connectivity index (χ0n) is 23.1. The molecule has 19 nitrogen and oxygen atoms in total. The van der Waals surface area contributed by atoms with Crippen LogP contribution in [0.5, 0.6) is 0 Å². The zero-order valence-corrected chi connectivity index (χ0v) is 25.6. The minimum atomic E-state index is -4.65. The molecule has 3 aliphatic rings. The van der Waals surface area contributed by atoms with E-state index in [4.69, 9.17) is 35.5 Å². The van der Waals surface area contributed by atoms with Crippen LogP contribution in [0.4, 0.5) is 10.2 Å². The number of aryl methyl sites for hydroxylation is 1. The zero-order chi connectivity index (χ0) is 31.8. The Kier molecular flexibility index (Phi) is 7.50. The maximum atomic E-state index is 16.0. The van der Waals surface area contributed by atoms with Crippen molar-refractivity contribution in [3.8, 4) is 0 Å². The molecule has 242 valence electrons. The van der Waals surface area contributed by atoms with Crippen LogP contribution in [0, 0.1) is 12.8 Å². The molecule has 45 heavy (non-hydrogen) atoms. The third-order valence-corrected chi connectivity index (χ3v) is 10.5. The lowest BCUT2D eigenvalue weighted by atomic mass is 10.1. The first-order valence-electron chi connectivity index (χ1n) is 13.5. The summed E-state index contributed by atoms with van der Waals surface area (Å²) >= 11 is 5.20. The SMILES string of the molecule is Cc1nc2c(ncn2C2CC3COP(O)(=S)OC4C(CNS(=O)(=O)OC2C3O)OC(n2cnc3c(N)ncnc32)C4F)c(=O)[nH]1. The van der Waals surface area contributed by atoms with Gasteiger partial charge in [0.25, 0.3) is 5.56 Å². The van der Waals surface area contributed by atoms with Gasteiger partial charge in [0.2, 0.25) is 0 Å². The highest BCUT2D eigenvalue weighted by atomic mass is 32.5. The van der Waals surface area contributed by atoms with Crippen LogP contribution in [0.3, 0.4) is 0 Å². The number of nitrogens with two attached hydrogens (primary N) is 1. The van der Waals surface area contributed by atoms with E-state index < -0.39 is 84.5 Å². The molecule has 9 atom stereocenters. The predicted octanol–water partition coefficient (Wildman–Crippen LogP) is -1.14. The molecule has 4 aromatic heterocycles. The molecule has 4 aromatic rings. The molecule has 0 amide bonds. The van der Waals surface area contributed by atoms with E-state index in [2.05, 4.69) is 34.6 Å². The number of halogens is 1. The summed E-state index contributed by atoms with van der Waals surface area (Å²) < 4.78 is 69.9. The Morgan fingerprint density at radius 1 is 1.16 bits per heavy atom. The molecule has 6 heterocycles. The van der Waals surface area contributed by atoms with Crippen molar-refractivity contribution in [2.24, 2.45) is 5.92 Å². The highest BCUT2D eigenvalue weighted by molar-refractivity contribution is 8.07. The van der Waals surface area contributed by atoms with E-state index in [9.17, 15) is 23.2 Å². The predicted molar refractivity (Wildman–Crippen MR) is 154 cm³/mol. The molecule has 3 fully saturated rings. The Balaban J connectivity index is 1.21. The van der Waals surface area contributed by atoms with Crippen LogP contribution in [0.2, 0.25) is 0 Å². The van der Waals surface area contributed by atoms with Crippen LogP contribution in [0.1, 0.15) is 24.5 Å². The molecule has 7 rings (SSSR count). The van der Waals surface area contributed by atoms with E-state index in [1.165, 1.54) is 21.8 Å². The first-order valence-corrected chi connectivity index (χ1v) is 17.5. The average Bonchev–Trinajstić information content (AvgIpc) is 3.72. The van der Waals surface area contributed by atoms with Gasteiger partial charge in [-0.05, 0) is 25.2 Å². The smallest absolute Gasteiger partial charge is 0.336 e. The van der Waals surface area contributed by atoms with Gasteiger partial charge in [-0.25, -0.2) is 33.5 Å². The van der Waals surface area contributed by atoms with Gasteiger partial charge in [-0.2, -0.15) is 13.1 Å². The Morgan fingerprint density at radius 2 is 1.91 bits per heavy atom. The van der Waals surface area contributed by atoms with Gasteiger partial charge in [-0.15, -0.1) is 0 Å². The number of hydrogen-bond acceptors (Lipinski definition) is 15. The number of ether oxygens (including phenoxy) is 1. The summed E-state index contributed by atoms with van der Waals surface area (Å²) in [5, 5.41) is 11.2. The number of nitrogens with one attached hydrogen (secondary N) is 2. The number of alkyl halides is 1. The number of aliphatic hydroxyl groups is 1. The van der Waals surface area contributed by atoms with Crippen LogP contribution < -0.4 is 16.0 Å². The lowest BCUT2D eigenvalue weighted by Crippen LogP contribution is -2.43. The van der Waals surface area contributed by atoms with Gasteiger partial charge in [0.1, 0.15) is 36.0 Å². The first-order chi connectivity index (χ1) is 21.3. The molecule has 1 saturated carbocycles. The molecular formula is C22H26FN10O9PS2. The minimum Gasteiger partial charge on any atom is -0.390 e. The van der Waals surface area contributed by atoms with Crippen molar-refractivity contribution in [3.05, 3.63) is 35.2 Å². The number of nitrogen functional groups attached to an aromatic ring is 1. The second-order valence-electron chi connectivity index (χ2n) is 10.8. The number of nitrogens with zero attached hydrogens (tertiary/aromatic N) is 7. The molecule has 0 spiro atoms. The van der Waals surface area contributed by atoms with Gasteiger partial charge in [0, 0.05) is 12.5 Å². The largest absolute Gasteiger partial charge is 0.390 e. The average molecular weight is 689 g/mol. The van der Waals surface area contributed by atoms with Crippen LogP contribution in [0.15, 0.2) is 23.8 Å². The van der Waals surface area contributed by atoms with E-state index in [0.717, 1.165) is 6.33 Å². The van der Waals surface area contributed by atoms with Crippen molar-refractivity contribution >= 4 is 57.0 Å². The third kappa shape index (κ3) is 5.43. The first kappa shape index (κ1) is 30.6. The summed E-state index contributed by atoms with van der Waals surface area (Å²) in [5.74, 6) is -0.511. The summed E-state index contributed by atoms with van der Waals surface area (Å²) in [7, 11) is -4.65. The summed E-state index contributed by atoms with van der Waals surface area (Å²) in [4.78, 5) is 46.4. The maximum absolute atomic E-state index is 16.0. The van der Waals surface area contributed by atoms with Gasteiger partial charge in [0.05, 0.1) is 31.4 Å². The maximum Gasteiger partial charge on any atom is 0.336 e. The molecule has 0 radical (unpaired) electrons. The van der Waals surface area contributed by atoms with Gasteiger partial charge in [-0.1, -0.05) is 0 Å². The molecule has 2 aliphatic heterocycles. The van der Waals surface area contributed by atoms with Gasteiger partial charge >= 0.3 is 17.0 Å². The lowest BCUT2D eigenvalue weighted by molar-refractivity contribution is -0.0193. The normalized spacial score (nSPS) is 35.6. The van der Waals surface area contributed by atoms with Gasteiger partial charge < -0.3 is 34.5 Å². The fourth-order valence-electron chi connectivity index (χ4n) is 5.92. The van der Waals surface area contributed by atoms with E-state index in [1.807, 2.05) is 0 Å². The molecule has 0 aromatic carbocycles. The monoisotopic (exact) mass is 688 g/mol. The van der Waals surface area contributed by atoms with Crippen molar-refractivity contribution < 1.29 is 40.8 Å². The topological polar surface area (TPSA) is 257 Å². The second kappa shape index (κ2) is 11.0. The molecule has 2 bridgehead atoms. The number of rotatable bonds is 2. The molecule has 6 N–H and O–H groups in total. The third-order valence-electron chi connectivity index (χ3n) is 7.98. The number of aliphatic hydroxyl groups excluding tert-OH is 1. The van der Waals surface area contributed by atoms with Gasteiger partial charge in [-0.3, -0.25) is 13.9 Å². The van der Waals surface area contributed by atoms with Crippen molar-refractivity contribution in [3.63, 3.8) is 0 Å². The van der Waals surface area contributed by atoms with Crippen LogP contribution >= 0.6 is 6.72 Å². The summed E-state index contributed by atoms with van der Waals surface area (Å²) in [5.41, 5.74) is 5.82. The quantitative estimate of drug-likeness (QED) is 0.156. The Morgan fingerprint density at radius 3 is 2.71 bits per heavy atom. The number of imidazole rings is 2. The van der Waals surface area contributed by atoms with Crippen molar-refractivity contribution in [2.75, 3.05) is 18.9 Å². The Bertz CT molecular complexity index is 2010. The standard InChI is InChI=1S/C22H26FN10O9PS2/c1-8-30-20-14(21(35)31-8)28-6-32(20)10-2-9-4-39-43(36,44)41-17-11(3-29-45(37,38)42-16(10)15(9)34)40-22(12(17)23)33-7-27-13-18(24)25-5-26-19(13)33/h5-7,9-12,15-17,22,29,34H,2-4H2,1H3,(H,36,44)(H2,24,25,26)(H,30,31,35). The molecular weight excluding hydrogens is 662 g/mol. The summed E-state index contributed by atoms with van der Waals surface area (Å²) in [6, 6.07) is -0.900. The van der Waals surface area contributed by atoms with Crippen LogP contribution in [-0.4, -0.2) is 101 Å². The van der Waals surface area contributed by atoms with Crippen LogP contribution in [0.25, 0.3) is 22.3 Å². The Hall–Kier alpha value is -3.05. The number of hydrogen-bond donors (Lipinski definition) is 5. The highest BCUT2D eigenvalue weighted by Crippen LogP contribution is 2.51. The van der Waals surface area contributed by atoms with Crippen molar-refractivity contribution in [1.29, 1.82) is 0 Å². The number of H-pyrrole nitrogens is 1. The van der Waals surface area contributed by atoms with Crippen LogP contribution in [-0.2, 0) is 40.1 Å². The highest BCUT2D eigenvalue weighted by Gasteiger charge is 2.52. The molecule has 2 saturated heterocycles. The number of fused-ring (bicyclic) bond motifs is 5. The molecule has 23 heteroatoms. The number of anilines is 1. The number of aromatic amines is 1. The van der Waals surface area contributed by atoms with E-state index in [1.54, 1.807) is 6.92 Å². The Labute approximate surface area is 257 Å². The minimum absolute atomic E-state index is 0.00256. The molecule has 9 unspecified atom stereocenters. The van der Waals surface area contributed by atoms with Crippen molar-refractivity contribution in [2.45, 2.75) is 56.2 Å².